The predicted molar refractivity (Wildman–Crippen MR) is 87.7 cm³/mol. The van der Waals surface area contributed by atoms with Crippen LogP contribution in [0.25, 0.3) is 10.9 Å². The van der Waals surface area contributed by atoms with Crippen LogP contribution in [0.5, 0.6) is 0 Å². The van der Waals surface area contributed by atoms with Gasteiger partial charge in [0.05, 0.1) is 0 Å². The van der Waals surface area contributed by atoms with Crippen molar-refractivity contribution in [2.75, 3.05) is 0 Å². The van der Waals surface area contributed by atoms with E-state index in [1.54, 1.807) is 0 Å². The van der Waals surface area contributed by atoms with Gasteiger partial charge in [0, 0.05) is 28.1 Å². The van der Waals surface area contributed by atoms with Gasteiger partial charge in [-0.2, -0.15) is 0 Å². The van der Waals surface area contributed by atoms with Crippen molar-refractivity contribution in [2.45, 2.75) is 52.9 Å². The summed E-state index contributed by atoms with van der Waals surface area (Å²) in [6.07, 6.45) is 7.45. The average Bonchev–Trinajstić information content (AvgIpc) is 3.05. The maximum atomic E-state index is 13.3. The Bertz CT molecular complexity index is 659. The molecule has 2 aromatic rings. The van der Waals surface area contributed by atoms with E-state index < -0.39 is 0 Å². The van der Waals surface area contributed by atoms with Gasteiger partial charge in [0.15, 0.2) is 5.78 Å². The fourth-order valence-corrected chi connectivity index (χ4v) is 4.19. The molecule has 3 rings (SSSR count). The molecule has 1 saturated carbocycles. The average molecular weight is 283 g/mol. The van der Waals surface area contributed by atoms with Crippen LogP contribution < -0.4 is 0 Å². The van der Waals surface area contributed by atoms with E-state index in [4.69, 9.17) is 0 Å². The van der Waals surface area contributed by atoms with Gasteiger partial charge in [-0.3, -0.25) is 4.79 Å². The van der Waals surface area contributed by atoms with Crippen molar-refractivity contribution in [2.24, 2.45) is 11.3 Å². The molecule has 0 radical (unpaired) electrons. The molecule has 21 heavy (non-hydrogen) atoms. The summed E-state index contributed by atoms with van der Waals surface area (Å²) in [4.78, 5) is 16.6. The van der Waals surface area contributed by atoms with Gasteiger partial charge >= 0.3 is 0 Å². The number of ketones is 1. The Labute approximate surface area is 126 Å². The highest BCUT2D eigenvalue weighted by atomic mass is 16.1. The Morgan fingerprint density at radius 2 is 2.00 bits per heavy atom. The number of nitrogens with one attached hydrogen (secondary N) is 1. The number of rotatable bonds is 4. The summed E-state index contributed by atoms with van der Waals surface area (Å²) in [7, 11) is 0. The van der Waals surface area contributed by atoms with Crippen molar-refractivity contribution in [1.82, 2.24) is 4.98 Å². The van der Waals surface area contributed by atoms with Gasteiger partial charge in [0.1, 0.15) is 0 Å². The standard InChI is InChI=1S/C19H25NO/c1-13(2)11-19(9-4-5-10-19)18(21)15-12-20-16-8-6-7-14(3)17(15)16/h6-8,12-13,20H,4-5,9-11H2,1-3H3. The Balaban J connectivity index is 2.06. The largest absolute Gasteiger partial charge is 0.360 e. The van der Waals surface area contributed by atoms with Crippen LogP contribution >= 0.6 is 0 Å². The van der Waals surface area contributed by atoms with Crippen LogP contribution in [0.2, 0.25) is 0 Å². The number of hydrogen-bond acceptors (Lipinski definition) is 1. The fraction of sp³-hybridized carbons (Fsp3) is 0.526. The molecule has 2 nitrogen and oxygen atoms in total. The molecule has 0 saturated heterocycles. The first kappa shape index (κ1) is 14.4. The highest BCUT2D eigenvalue weighted by Crippen LogP contribution is 2.46. The topological polar surface area (TPSA) is 32.9 Å². The molecule has 1 fully saturated rings. The molecule has 1 aromatic heterocycles. The van der Waals surface area contributed by atoms with Crippen molar-refractivity contribution in [3.63, 3.8) is 0 Å². The molecule has 1 heterocycles. The molecular formula is C19H25NO. The van der Waals surface area contributed by atoms with Crippen LogP contribution in [0.3, 0.4) is 0 Å². The Morgan fingerprint density at radius 1 is 1.29 bits per heavy atom. The lowest BCUT2D eigenvalue weighted by Gasteiger charge is -2.29. The molecule has 0 bridgehead atoms. The number of aromatic amines is 1. The van der Waals surface area contributed by atoms with Crippen molar-refractivity contribution in [1.29, 1.82) is 0 Å². The number of aromatic nitrogens is 1. The number of carbonyl (C=O) groups excluding carboxylic acids is 1. The summed E-state index contributed by atoms with van der Waals surface area (Å²) in [6, 6.07) is 6.20. The van der Waals surface area contributed by atoms with Crippen LogP contribution in [0.4, 0.5) is 0 Å². The van der Waals surface area contributed by atoms with E-state index >= 15 is 0 Å². The third-order valence-corrected chi connectivity index (χ3v) is 5.00. The third kappa shape index (κ3) is 2.41. The second kappa shape index (κ2) is 5.32. The van der Waals surface area contributed by atoms with Crippen molar-refractivity contribution in [3.8, 4) is 0 Å². The Kier molecular flexibility index (Phi) is 3.64. The first-order valence-corrected chi connectivity index (χ1v) is 8.15. The van der Waals surface area contributed by atoms with Crippen LogP contribution in [0, 0.1) is 18.3 Å². The van der Waals surface area contributed by atoms with E-state index in [2.05, 4.69) is 37.9 Å². The third-order valence-electron chi connectivity index (χ3n) is 5.00. The molecule has 1 aromatic carbocycles. The molecule has 0 spiro atoms. The van der Waals surface area contributed by atoms with Gasteiger partial charge in [-0.1, -0.05) is 38.8 Å². The smallest absolute Gasteiger partial charge is 0.171 e. The maximum absolute atomic E-state index is 13.3. The number of fused-ring (bicyclic) bond motifs is 1. The SMILES string of the molecule is Cc1cccc2[nH]cc(C(=O)C3(CC(C)C)CCCC3)c12. The fourth-order valence-electron chi connectivity index (χ4n) is 4.19. The van der Waals surface area contributed by atoms with E-state index in [9.17, 15) is 4.79 Å². The van der Waals surface area contributed by atoms with Gasteiger partial charge in [-0.05, 0) is 43.7 Å². The van der Waals surface area contributed by atoms with E-state index in [0.29, 0.717) is 11.7 Å². The van der Waals surface area contributed by atoms with Crippen molar-refractivity contribution >= 4 is 16.7 Å². The summed E-state index contributed by atoms with van der Waals surface area (Å²) in [5.74, 6) is 0.938. The van der Waals surface area contributed by atoms with Gasteiger partial charge in [0.2, 0.25) is 0 Å². The summed E-state index contributed by atoms with van der Waals surface area (Å²) < 4.78 is 0. The van der Waals surface area contributed by atoms with Crippen LogP contribution in [0.15, 0.2) is 24.4 Å². The molecule has 1 aliphatic carbocycles. The monoisotopic (exact) mass is 283 g/mol. The van der Waals surface area contributed by atoms with E-state index in [-0.39, 0.29) is 5.41 Å². The van der Waals surface area contributed by atoms with Gasteiger partial charge in [0.25, 0.3) is 0 Å². The molecule has 1 aliphatic rings. The highest BCUT2D eigenvalue weighted by molar-refractivity contribution is 6.11. The number of Topliss-reactive ketones (excluding diaryl/α,β-unsaturated/α-hetero) is 1. The van der Waals surface area contributed by atoms with Gasteiger partial charge in [-0.15, -0.1) is 0 Å². The van der Waals surface area contributed by atoms with E-state index in [1.807, 2.05) is 12.3 Å². The molecule has 0 amide bonds. The molecule has 0 unspecified atom stereocenters. The number of hydrogen-bond donors (Lipinski definition) is 1. The van der Waals surface area contributed by atoms with E-state index in [0.717, 1.165) is 35.7 Å². The molecule has 2 heteroatoms. The first-order valence-electron chi connectivity index (χ1n) is 8.15. The summed E-state index contributed by atoms with van der Waals surface area (Å²) in [5.41, 5.74) is 3.06. The number of benzene rings is 1. The zero-order valence-electron chi connectivity index (χ0n) is 13.3. The van der Waals surface area contributed by atoms with E-state index in [1.165, 1.54) is 18.4 Å². The van der Waals surface area contributed by atoms with Gasteiger partial charge < -0.3 is 4.98 Å². The summed E-state index contributed by atoms with van der Waals surface area (Å²) >= 11 is 0. The zero-order chi connectivity index (χ0) is 15.0. The second-order valence-corrected chi connectivity index (χ2v) is 7.11. The molecular weight excluding hydrogens is 258 g/mol. The quantitative estimate of drug-likeness (QED) is 0.762. The van der Waals surface area contributed by atoms with Crippen molar-refractivity contribution in [3.05, 3.63) is 35.5 Å². The minimum absolute atomic E-state index is 0.119. The Morgan fingerprint density at radius 3 is 2.67 bits per heavy atom. The maximum Gasteiger partial charge on any atom is 0.171 e. The molecule has 112 valence electrons. The van der Waals surface area contributed by atoms with Crippen LogP contribution in [-0.4, -0.2) is 10.8 Å². The second-order valence-electron chi connectivity index (χ2n) is 7.11. The number of carbonyl (C=O) groups is 1. The van der Waals surface area contributed by atoms with Crippen LogP contribution in [-0.2, 0) is 0 Å². The number of aryl methyl sites for hydroxylation is 1. The normalized spacial score (nSPS) is 17.7. The predicted octanol–water partition coefficient (Wildman–Crippen LogP) is 5.27. The first-order chi connectivity index (χ1) is 10.0. The van der Waals surface area contributed by atoms with Crippen LogP contribution in [0.1, 0.15) is 61.9 Å². The minimum atomic E-state index is -0.119. The zero-order valence-corrected chi connectivity index (χ0v) is 13.3. The molecule has 1 N–H and O–H groups in total. The lowest BCUT2D eigenvalue weighted by molar-refractivity contribution is 0.0762. The van der Waals surface area contributed by atoms with Gasteiger partial charge in [-0.25, -0.2) is 0 Å². The van der Waals surface area contributed by atoms with Crippen molar-refractivity contribution < 1.29 is 4.79 Å². The highest BCUT2D eigenvalue weighted by Gasteiger charge is 2.42. The summed E-state index contributed by atoms with van der Waals surface area (Å²) in [6.45, 7) is 6.55. The molecule has 0 atom stereocenters. The molecule has 0 aliphatic heterocycles. The minimum Gasteiger partial charge on any atom is -0.360 e. The Hall–Kier alpha value is -1.57. The number of H-pyrrole nitrogens is 1. The summed E-state index contributed by atoms with van der Waals surface area (Å²) in [5, 5.41) is 1.12. The lowest BCUT2D eigenvalue weighted by atomic mass is 9.73. The lowest BCUT2D eigenvalue weighted by Crippen LogP contribution is -2.29.